The molecule has 1 nitrogen and oxygen atoms in total. The molecule has 15 heavy (non-hydrogen) atoms. The maximum Gasteiger partial charge on any atom is 0.0466 e. The van der Waals surface area contributed by atoms with E-state index >= 15 is 0 Å². The van der Waals surface area contributed by atoms with Crippen LogP contribution in [0, 0.1) is 0 Å². The summed E-state index contributed by atoms with van der Waals surface area (Å²) in [4.78, 5) is 0. The van der Waals surface area contributed by atoms with Crippen LogP contribution >= 0.6 is 15.9 Å². The summed E-state index contributed by atoms with van der Waals surface area (Å²) >= 11 is 3.41. The highest BCUT2D eigenvalue weighted by molar-refractivity contribution is 9.09. The molecule has 1 aliphatic heterocycles. The number of rotatable bonds is 3. The van der Waals surface area contributed by atoms with Gasteiger partial charge in [-0.05, 0) is 31.2 Å². The molecule has 0 atom stereocenters. The number of aryl methyl sites for hydroxylation is 1. The van der Waals surface area contributed by atoms with Crippen LogP contribution in [0.2, 0.25) is 0 Å². The summed E-state index contributed by atoms with van der Waals surface area (Å²) in [5, 5.41) is 1.10. The first-order valence-corrected chi connectivity index (χ1v) is 6.73. The van der Waals surface area contributed by atoms with Crippen LogP contribution in [0.1, 0.15) is 24.8 Å². The molecule has 0 bridgehead atoms. The van der Waals surface area contributed by atoms with Gasteiger partial charge in [-0.15, -0.1) is 0 Å². The fourth-order valence-electron chi connectivity index (χ4n) is 1.43. The molecule has 1 fully saturated rings. The highest BCUT2D eigenvalue weighted by Crippen LogP contribution is 2.02. The van der Waals surface area contributed by atoms with Crippen molar-refractivity contribution < 1.29 is 4.74 Å². The second-order valence-electron chi connectivity index (χ2n) is 3.60. The highest BCUT2D eigenvalue weighted by Gasteiger charge is 1.94. The summed E-state index contributed by atoms with van der Waals surface area (Å²) in [6.07, 6.45) is 4.97. The minimum absolute atomic E-state index is 1.00. The van der Waals surface area contributed by atoms with Crippen LogP contribution in [0.3, 0.4) is 0 Å². The zero-order chi connectivity index (χ0) is 10.8. The van der Waals surface area contributed by atoms with Gasteiger partial charge < -0.3 is 4.74 Å². The average molecular weight is 271 g/mol. The molecule has 0 radical (unpaired) electrons. The fraction of sp³-hybridized carbons (Fsp3) is 0.538. The molecule has 0 amide bonds. The molecule has 0 spiro atoms. The molecular formula is C13H19BrO. The average Bonchev–Trinajstić information content (AvgIpc) is 2.86. The normalized spacial score (nSPS) is 14.5. The molecule has 0 aliphatic carbocycles. The number of ether oxygens (including phenoxy) is 1. The van der Waals surface area contributed by atoms with E-state index in [9.17, 15) is 0 Å². The predicted octanol–water partition coefficient (Wildman–Crippen LogP) is 3.81. The maximum absolute atomic E-state index is 4.94. The molecule has 1 aromatic carbocycles. The van der Waals surface area contributed by atoms with Crippen molar-refractivity contribution in [2.45, 2.75) is 25.7 Å². The van der Waals surface area contributed by atoms with Crippen LogP contribution in [-0.4, -0.2) is 18.5 Å². The molecule has 0 unspecified atom stereocenters. The second-order valence-corrected chi connectivity index (χ2v) is 4.39. The van der Waals surface area contributed by atoms with Gasteiger partial charge in [0.05, 0.1) is 0 Å². The molecule has 1 heterocycles. The Hall–Kier alpha value is -0.340. The van der Waals surface area contributed by atoms with Crippen molar-refractivity contribution in [3.63, 3.8) is 0 Å². The molecule has 0 aromatic heterocycles. The topological polar surface area (TPSA) is 9.23 Å². The largest absolute Gasteiger partial charge is 0.381 e. The van der Waals surface area contributed by atoms with Gasteiger partial charge in [-0.2, -0.15) is 0 Å². The minimum atomic E-state index is 1.00. The monoisotopic (exact) mass is 270 g/mol. The summed E-state index contributed by atoms with van der Waals surface area (Å²) in [6, 6.07) is 10.6. The van der Waals surface area contributed by atoms with E-state index in [1.54, 1.807) is 0 Å². The SMILES string of the molecule is BrCCCc1ccccc1.C1CCOC1. The Balaban J connectivity index is 0.000000187. The Morgan fingerprint density at radius 1 is 1.07 bits per heavy atom. The van der Waals surface area contributed by atoms with Crippen molar-refractivity contribution in [2.75, 3.05) is 18.5 Å². The lowest BCUT2D eigenvalue weighted by molar-refractivity contribution is 0.198. The number of hydrogen-bond donors (Lipinski definition) is 0. The lowest BCUT2D eigenvalue weighted by Crippen LogP contribution is -1.83. The van der Waals surface area contributed by atoms with Gasteiger partial charge >= 0.3 is 0 Å². The minimum Gasteiger partial charge on any atom is -0.381 e. The van der Waals surface area contributed by atoms with Crippen LogP contribution in [0.25, 0.3) is 0 Å². The Morgan fingerprint density at radius 2 is 1.73 bits per heavy atom. The number of hydrogen-bond acceptors (Lipinski definition) is 1. The van der Waals surface area contributed by atoms with Crippen molar-refractivity contribution in [1.29, 1.82) is 0 Å². The number of benzene rings is 1. The molecule has 1 aromatic rings. The zero-order valence-electron chi connectivity index (χ0n) is 9.12. The van der Waals surface area contributed by atoms with E-state index in [4.69, 9.17) is 4.74 Å². The fourth-order valence-corrected chi connectivity index (χ4v) is 1.71. The molecule has 2 heteroatoms. The second kappa shape index (κ2) is 8.93. The summed E-state index contributed by atoms with van der Waals surface area (Å²) < 4.78 is 4.94. The van der Waals surface area contributed by atoms with Gasteiger partial charge in [-0.25, -0.2) is 0 Å². The maximum atomic E-state index is 4.94. The molecule has 84 valence electrons. The van der Waals surface area contributed by atoms with Crippen LogP contribution in [0.15, 0.2) is 30.3 Å². The van der Waals surface area contributed by atoms with Crippen molar-refractivity contribution >= 4 is 15.9 Å². The van der Waals surface area contributed by atoms with E-state index in [0.29, 0.717) is 0 Å². The summed E-state index contributed by atoms with van der Waals surface area (Å²) in [6.45, 7) is 2.00. The molecule has 0 N–H and O–H groups in total. The van der Waals surface area contributed by atoms with Crippen LogP contribution in [0.5, 0.6) is 0 Å². The third-order valence-electron chi connectivity index (χ3n) is 2.27. The van der Waals surface area contributed by atoms with E-state index in [2.05, 4.69) is 46.3 Å². The summed E-state index contributed by atoms with van der Waals surface area (Å²) in [5.74, 6) is 0. The van der Waals surface area contributed by atoms with Crippen molar-refractivity contribution in [2.24, 2.45) is 0 Å². The third-order valence-corrected chi connectivity index (χ3v) is 2.83. The van der Waals surface area contributed by atoms with Crippen LogP contribution in [0.4, 0.5) is 0 Å². The molecule has 2 rings (SSSR count). The van der Waals surface area contributed by atoms with E-state index in [1.165, 1.54) is 31.2 Å². The van der Waals surface area contributed by atoms with Gasteiger partial charge in [-0.1, -0.05) is 46.3 Å². The van der Waals surface area contributed by atoms with Gasteiger partial charge in [0, 0.05) is 18.5 Å². The predicted molar refractivity (Wildman–Crippen MR) is 68.6 cm³/mol. The number of halogens is 1. The van der Waals surface area contributed by atoms with Crippen molar-refractivity contribution in [3.8, 4) is 0 Å². The first-order valence-electron chi connectivity index (χ1n) is 5.61. The molecule has 1 saturated heterocycles. The Bertz CT molecular complexity index is 224. The lowest BCUT2D eigenvalue weighted by Gasteiger charge is -1.95. The van der Waals surface area contributed by atoms with Gasteiger partial charge in [-0.3, -0.25) is 0 Å². The van der Waals surface area contributed by atoms with Crippen molar-refractivity contribution in [1.82, 2.24) is 0 Å². The van der Waals surface area contributed by atoms with Gasteiger partial charge in [0.25, 0.3) is 0 Å². The van der Waals surface area contributed by atoms with Crippen LogP contribution < -0.4 is 0 Å². The smallest absolute Gasteiger partial charge is 0.0466 e. The molecule has 0 saturated carbocycles. The first kappa shape index (κ1) is 12.7. The highest BCUT2D eigenvalue weighted by atomic mass is 79.9. The Morgan fingerprint density at radius 3 is 2.20 bits per heavy atom. The van der Waals surface area contributed by atoms with Gasteiger partial charge in [0.2, 0.25) is 0 Å². The van der Waals surface area contributed by atoms with Gasteiger partial charge in [0.15, 0.2) is 0 Å². The lowest BCUT2D eigenvalue weighted by atomic mass is 10.1. The van der Waals surface area contributed by atoms with E-state index in [-0.39, 0.29) is 0 Å². The van der Waals surface area contributed by atoms with E-state index in [1.807, 2.05) is 0 Å². The number of alkyl halides is 1. The summed E-state index contributed by atoms with van der Waals surface area (Å²) in [7, 11) is 0. The first-order chi connectivity index (χ1) is 7.43. The Labute approximate surface area is 101 Å². The Kier molecular flexibility index (Phi) is 7.58. The third kappa shape index (κ3) is 6.69. The van der Waals surface area contributed by atoms with E-state index in [0.717, 1.165) is 18.5 Å². The molecule has 1 aliphatic rings. The zero-order valence-corrected chi connectivity index (χ0v) is 10.7. The summed E-state index contributed by atoms with van der Waals surface area (Å²) in [5.41, 5.74) is 1.43. The van der Waals surface area contributed by atoms with Crippen molar-refractivity contribution in [3.05, 3.63) is 35.9 Å². The quantitative estimate of drug-likeness (QED) is 0.759. The van der Waals surface area contributed by atoms with Gasteiger partial charge in [0.1, 0.15) is 0 Å². The van der Waals surface area contributed by atoms with E-state index < -0.39 is 0 Å². The van der Waals surface area contributed by atoms with Crippen LogP contribution in [-0.2, 0) is 11.2 Å². The molecular weight excluding hydrogens is 252 g/mol. The standard InChI is InChI=1S/C9H11Br.C4H8O/c10-8-4-7-9-5-2-1-3-6-9;1-2-4-5-3-1/h1-3,5-6H,4,7-8H2;1-4H2.